The van der Waals surface area contributed by atoms with E-state index in [1.54, 1.807) is 11.1 Å². The SMILES string of the molecule is CC1(C)c2ccccc2-c2ccc(-c3nc(-c4ccccc4)nc(-c4ccc5c(c4)-c4ccccc4C54C5CC6CC(C5)CC4C6)n3)cc21. The number of aromatic nitrogens is 3. The van der Waals surface area contributed by atoms with Gasteiger partial charge in [0.15, 0.2) is 17.5 Å². The predicted octanol–water partition coefficient (Wildman–Crippen LogP) is 10.9. The summed E-state index contributed by atoms with van der Waals surface area (Å²) in [6.07, 6.45) is 7.03. The lowest BCUT2D eigenvalue weighted by Gasteiger charge is -2.61. The fourth-order valence-corrected chi connectivity index (χ4v) is 11.5. The van der Waals surface area contributed by atoms with Gasteiger partial charge in [-0.05, 0) is 112 Å². The van der Waals surface area contributed by atoms with E-state index in [0.29, 0.717) is 5.82 Å². The molecule has 49 heavy (non-hydrogen) atoms. The molecule has 5 aromatic carbocycles. The molecule has 12 rings (SSSR count). The smallest absolute Gasteiger partial charge is 0.164 e. The van der Waals surface area contributed by atoms with Gasteiger partial charge in [0.05, 0.1) is 0 Å². The maximum Gasteiger partial charge on any atom is 0.164 e. The second-order valence-electron chi connectivity index (χ2n) is 16.1. The Morgan fingerprint density at radius 3 is 1.63 bits per heavy atom. The highest BCUT2D eigenvalue weighted by molar-refractivity contribution is 5.86. The number of benzene rings is 5. The first-order valence-corrected chi connectivity index (χ1v) is 18.3. The third-order valence-electron chi connectivity index (χ3n) is 13.3. The molecule has 0 unspecified atom stereocenters. The lowest BCUT2D eigenvalue weighted by molar-refractivity contribution is -0.0399. The topological polar surface area (TPSA) is 38.7 Å². The molecule has 0 atom stereocenters. The molecule has 4 bridgehead atoms. The van der Waals surface area contributed by atoms with E-state index < -0.39 is 0 Å². The molecule has 3 heteroatoms. The van der Waals surface area contributed by atoms with E-state index in [1.807, 2.05) is 6.07 Å². The van der Waals surface area contributed by atoms with Gasteiger partial charge in [0.2, 0.25) is 0 Å². The van der Waals surface area contributed by atoms with E-state index in [2.05, 4.69) is 123 Å². The molecule has 4 fully saturated rings. The van der Waals surface area contributed by atoms with Crippen molar-refractivity contribution < 1.29 is 0 Å². The van der Waals surface area contributed by atoms with Gasteiger partial charge in [-0.15, -0.1) is 0 Å². The van der Waals surface area contributed by atoms with Crippen LogP contribution in [-0.4, -0.2) is 15.0 Å². The zero-order valence-electron chi connectivity index (χ0n) is 28.2. The van der Waals surface area contributed by atoms with Crippen LogP contribution in [0.2, 0.25) is 0 Å². The molecule has 4 saturated carbocycles. The first kappa shape index (κ1) is 28.0. The Morgan fingerprint density at radius 1 is 0.429 bits per heavy atom. The molecule has 0 saturated heterocycles. The lowest BCUT2D eigenvalue weighted by Crippen LogP contribution is -2.55. The fourth-order valence-electron chi connectivity index (χ4n) is 11.5. The first-order valence-electron chi connectivity index (χ1n) is 18.3. The molecule has 238 valence electrons. The average molecular weight is 634 g/mol. The van der Waals surface area contributed by atoms with Gasteiger partial charge in [-0.3, -0.25) is 0 Å². The van der Waals surface area contributed by atoms with Crippen LogP contribution in [0.25, 0.3) is 56.4 Å². The summed E-state index contributed by atoms with van der Waals surface area (Å²) in [7, 11) is 0. The minimum Gasteiger partial charge on any atom is -0.208 e. The van der Waals surface area contributed by atoms with Crippen molar-refractivity contribution in [1.29, 1.82) is 0 Å². The highest BCUT2D eigenvalue weighted by Crippen LogP contribution is 2.69. The van der Waals surface area contributed by atoms with E-state index in [1.165, 1.54) is 65.5 Å². The van der Waals surface area contributed by atoms with Crippen molar-refractivity contribution >= 4 is 0 Å². The van der Waals surface area contributed by atoms with Crippen molar-refractivity contribution in [2.45, 2.75) is 56.8 Å². The third kappa shape index (κ3) is 3.76. The lowest BCUT2D eigenvalue weighted by atomic mass is 9.43. The van der Waals surface area contributed by atoms with Crippen LogP contribution < -0.4 is 0 Å². The molecule has 6 aliphatic carbocycles. The maximum atomic E-state index is 5.26. The number of rotatable bonds is 3. The summed E-state index contributed by atoms with van der Waals surface area (Å²) < 4.78 is 0. The summed E-state index contributed by atoms with van der Waals surface area (Å²) in [5.41, 5.74) is 14.4. The van der Waals surface area contributed by atoms with E-state index in [0.717, 1.165) is 52.0 Å². The van der Waals surface area contributed by atoms with Crippen molar-refractivity contribution in [1.82, 2.24) is 15.0 Å². The summed E-state index contributed by atoms with van der Waals surface area (Å²) in [6.45, 7) is 4.66. The van der Waals surface area contributed by atoms with Crippen molar-refractivity contribution in [2.75, 3.05) is 0 Å². The third-order valence-corrected chi connectivity index (χ3v) is 13.3. The Bertz CT molecular complexity index is 2310. The zero-order valence-corrected chi connectivity index (χ0v) is 28.2. The Kier molecular flexibility index (Phi) is 5.63. The molecule has 0 amide bonds. The second kappa shape index (κ2) is 9.85. The van der Waals surface area contributed by atoms with Crippen LogP contribution in [0.15, 0.2) is 115 Å². The quantitative estimate of drug-likeness (QED) is 0.195. The van der Waals surface area contributed by atoms with Crippen LogP contribution in [0.1, 0.15) is 68.2 Å². The predicted molar refractivity (Wildman–Crippen MR) is 197 cm³/mol. The van der Waals surface area contributed by atoms with Crippen molar-refractivity contribution in [2.24, 2.45) is 23.7 Å². The normalized spacial score (nSPS) is 26.0. The van der Waals surface area contributed by atoms with E-state index in [4.69, 9.17) is 15.0 Å². The van der Waals surface area contributed by atoms with Crippen LogP contribution in [-0.2, 0) is 10.8 Å². The van der Waals surface area contributed by atoms with Crippen LogP contribution in [0.5, 0.6) is 0 Å². The highest BCUT2D eigenvalue weighted by atomic mass is 15.0. The summed E-state index contributed by atoms with van der Waals surface area (Å²) in [6, 6.07) is 42.5. The van der Waals surface area contributed by atoms with E-state index in [9.17, 15) is 0 Å². The Hall–Kier alpha value is -4.89. The van der Waals surface area contributed by atoms with Crippen LogP contribution in [0.3, 0.4) is 0 Å². The molecular formula is C46H39N3. The summed E-state index contributed by atoms with van der Waals surface area (Å²) in [5.74, 6) is 5.53. The Morgan fingerprint density at radius 2 is 0.939 bits per heavy atom. The molecule has 6 aromatic rings. The van der Waals surface area contributed by atoms with Crippen LogP contribution >= 0.6 is 0 Å². The molecule has 1 spiro atoms. The number of nitrogens with zero attached hydrogens (tertiary/aromatic N) is 3. The van der Waals surface area contributed by atoms with Gasteiger partial charge >= 0.3 is 0 Å². The van der Waals surface area contributed by atoms with Crippen LogP contribution in [0, 0.1) is 23.7 Å². The Balaban J connectivity index is 1.08. The van der Waals surface area contributed by atoms with Gasteiger partial charge in [-0.2, -0.15) is 0 Å². The number of hydrogen-bond donors (Lipinski definition) is 0. The Labute approximate surface area is 288 Å². The van der Waals surface area contributed by atoms with E-state index >= 15 is 0 Å². The van der Waals surface area contributed by atoms with Gasteiger partial charge < -0.3 is 0 Å². The number of hydrogen-bond acceptors (Lipinski definition) is 3. The maximum absolute atomic E-state index is 5.26. The molecule has 0 N–H and O–H groups in total. The largest absolute Gasteiger partial charge is 0.208 e. The first-order chi connectivity index (χ1) is 24.0. The molecule has 6 aliphatic rings. The molecule has 0 aliphatic heterocycles. The minimum absolute atomic E-state index is 0.0959. The van der Waals surface area contributed by atoms with Crippen molar-refractivity contribution in [3.63, 3.8) is 0 Å². The zero-order chi connectivity index (χ0) is 32.5. The van der Waals surface area contributed by atoms with Gasteiger partial charge in [-0.1, -0.05) is 117 Å². The molecule has 1 heterocycles. The summed E-state index contributed by atoms with van der Waals surface area (Å²) in [5, 5.41) is 0. The van der Waals surface area contributed by atoms with Gasteiger partial charge in [-0.25, -0.2) is 15.0 Å². The highest BCUT2D eigenvalue weighted by Gasteiger charge is 2.61. The minimum atomic E-state index is -0.0959. The van der Waals surface area contributed by atoms with Gasteiger partial charge in [0.25, 0.3) is 0 Å². The average Bonchev–Trinajstić information content (AvgIpc) is 3.56. The van der Waals surface area contributed by atoms with Crippen molar-refractivity contribution in [3.8, 4) is 56.4 Å². The van der Waals surface area contributed by atoms with Crippen LogP contribution in [0.4, 0.5) is 0 Å². The fraction of sp³-hybridized carbons (Fsp3) is 0.283. The number of fused-ring (bicyclic) bond motifs is 6. The summed E-state index contributed by atoms with van der Waals surface area (Å²) in [4.78, 5) is 15.6. The summed E-state index contributed by atoms with van der Waals surface area (Å²) >= 11 is 0. The van der Waals surface area contributed by atoms with Crippen molar-refractivity contribution in [3.05, 3.63) is 138 Å². The molecule has 0 radical (unpaired) electrons. The van der Waals surface area contributed by atoms with E-state index in [-0.39, 0.29) is 10.8 Å². The van der Waals surface area contributed by atoms with Gasteiger partial charge in [0.1, 0.15) is 0 Å². The standard InChI is InChI=1S/C46H39N3/c1-45(2)38-14-8-6-12-34(38)36-18-16-31(26-41(36)45)44-48-42(29-10-4-3-5-11-29)47-43(49-44)30-17-19-40-37(25-30)35-13-7-9-15-39(35)46(40)32-21-27-20-28(23-32)24-33(46)22-27/h3-19,25-28,32-33H,20-24H2,1-2H3. The molecule has 3 nitrogen and oxygen atoms in total. The molecule has 1 aromatic heterocycles. The monoisotopic (exact) mass is 633 g/mol. The van der Waals surface area contributed by atoms with Gasteiger partial charge in [0, 0.05) is 27.5 Å². The second-order valence-corrected chi connectivity index (χ2v) is 16.1. The molecular weight excluding hydrogens is 595 g/mol.